The van der Waals surface area contributed by atoms with E-state index >= 15 is 0 Å². The Kier molecular flexibility index (Phi) is 10.9. The second kappa shape index (κ2) is 13.1. The van der Waals surface area contributed by atoms with Crippen molar-refractivity contribution >= 4 is 41.7 Å². The second-order valence-corrected chi connectivity index (χ2v) is 8.87. The second-order valence-electron chi connectivity index (χ2n) is 7.88. The molecule has 1 aromatic carbocycles. The lowest BCUT2D eigenvalue weighted by Gasteiger charge is -2.14. The van der Waals surface area contributed by atoms with Gasteiger partial charge >= 0.3 is 0 Å². The van der Waals surface area contributed by atoms with E-state index in [2.05, 4.69) is 52.2 Å². The first kappa shape index (κ1) is 25.8. The number of guanidine groups is 1. The van der Waals surface area contributed by atoms with Crippen molar-refractivity contribution in [3.05, 3.63) is 41.0 Å². The zero-order chi connectivity index (χ0) is 21.3. The van der Waals surface area contributed by atoms with Crippen molar-refractivity contribution in [1.29, 1.82) is 0 Å². The van der Waals surface area contributed by atoms with E-state index in [-0.39, 0.29) is 24.0 Å². The number of hydrogen-bond acceptors (Lipinski definition) is 5. The molecular formula is C22H35IN6OS. The summed E-state index contributed by atoms with van der Waals surface area (Å²) in [6.07, 6.45) is 5.79. The molecule has 9 heteroatoms. The van der Waals surface area contributed by atoms with E-state index in [1.165, 1.54) is 18.4 Å². The van der Waals surface area contributed by atoms with Crippen LogP contribution in [0.5, 0.6) is 5.75 Å². The van der Waals surface area contributed by atoms with Crippen molar-refractivity contribution in [3.8, 4) is 5.75 Å². The number of hydrogen-bond donors (Lipinski definition) is 2. The largest absolute Gasteiger partial charge is 0.493 e. The Labute approximate surface area is 207 Å². The fourth-order valence-corrected chi connectivity index (χ4v) is 3.38. The maximum atomic E-state index is 6.10. The Bertz CT molecular complexity index is 853. The summed E-state index contributed by atoms with van der Waals surface area (Å²) in [7, 11) is 1.98. The Morgan fingerprint density at radius 3 is 2.74 bits per heavy atom. The average molecular weight is 559 g/mol. The number of aromatic nitrogens is 3. The summed E-state index contributed by atoms with van der Waals surface area (Å²) in [5.41, 5.74) is 2.32. The number of rotatable bonds is 11. The number of aryl methyl sites for hydroxylation is 2. The smallest absolute Gasteiger partial charge is 0.191 e. The molecule has 1 saturated carbocycles. The van der Waals surface area contributed by atoms with E-state index in [0.717, 1.165) is 60.2 Å². The van der Waals surface area contributed by atoms with Crippen LogP contribution >= 0.6 is 35.7 Å². The first-order valence-corrected chi connectivity index (χ1v) is 12.0. The summed E-state index contributed by atoms with van der Waals surface area (Å²) >= 11 is 1.86. The van der Waals surface area contributed by atoms with E-state index in [9.17, 15) is 0 Å². The molecule has 0 atom stereocenters. The molecule has 172 valence electrons. The zero-order valence-electron chi connectivity index (χ0n) is 19.0. The number of benzene rings is 1. The van der Waals surface area contributed by atoms with Gasteiger partial charge in [0.25, 0.3) is 0 Å². The van der Waals surface area contributed by atoms with Crippen LogP contribution in [-0.4, -0.2) is 45.9 Å². The monoisotopic (exact) mass is 558 g/mol. The van der Waals surface area contributed by atoms with Crippen LogP contribution in [0.15, 0.2) is 23.2 Å². The van der Waals surface area contributed by atoms with E-state index in [4.69, 9.17) is 9.73 Å². The summed E-state index contributed by atoms with van der Waals surface area (Å²) in [5, 5.41) is 15.2. The molecule has 1 aliphatic rings. The molecule has 0 aliphatic heterocycles. The summed E-state index contributed by atoms with van der Waals surface area (Å²) in [6, 6.07) is 6.36. The molecule has 0 bridgehead atoms. The SMILES string of the molecule is CSCCCNC(=NCc1ccc(C)cc1OCC1CC1)NCc1nnc(C)n1C.I. The van der Waals surface area contributed by atoms with Crippen molar-refractivity contribution in [2.45, 2.75) is 46.2 Å². The van der Waals surface area contributed by atoms with Crippen molar-refractivity contribution < 1.29 is 4.74 Å². The van der Waals surface area contributed by atoms with E-state index in [0.29, 0.717) is 13.1 Å². The highest BCUT2D eigenvalue weighted by Crippen LogP contribution is 2.30. The minimum absolute atomic E-state index is 0. The predicted octanol–water partition coefficient (Wildman–Crippen LogP) is 3.83. The van der Waals surface area contributed by atoms with Crippen LogP contribution < -0.4 is 15.4 Å². The first-order valence-electron chi connectivity index (χ1n) is 10.6. The van der Waals surface area contributed by atoms with Gasteiger partial charge in [0.1, 0.15) is 11.6 Å². The van der Waals surface area contributed by atoms with E-state index < -0.39 is 0 Å². The standard InChI is InChI=1S/C22H34N6OS.HI/c1-16-6-9-19(20(12-16)29-15-18-7-8-18)13-24-22(23-10-5-11-30-4)25-14-21-27-26-17(2)28(21)3;/h6,9,12,18H,5,7-8,10-11,13-15H2,1-4H3,(H2,23,24,25);1H. The molecular weight excluding hydrogens is 523 g/mol. The van der Waals surface area contributed by atoms with Gasteiger partial charge in [-0.05, 0) is 62.7 Å². The van der Waals surface area contributed by atoms with Crippen LogP contribution in [0, 0.1) is 19.8 Å². The third-order valence-electron chi connectivity index (χ3n) is 5.22. The maximum Gasteiger partial charge on any atom is 0.191 e. The zero-order valence-corrected chi connectivity index (χ0v) is 22.1. The van der Waals surface area contributed by atoms with Gasteiger partial charge in [-0.3, -0.25) is 0 Å². The lowest BCUT2D eigenvalue weighted by Crippen LogP contribution is -2.38. The van der Waals surface area contributed by atoms with Crippen LogP contribution in [0.25, 0.3) is 0 Å². The van der Waals surface area contributed by atoms with Crippen molar-refractivity contribution in [3.63, 3.8) is 0 Å². The molecule has 0 spiro atoms. The highest BCUT2D eigenvalue weighted by Gasteiger charge is 2.22. The van der Waals surface area contributed by atoms with Crippen molar-refractivity contribution in [2.75, 3.05) is 25.2 Å². The topological polar surface area (TPSA) is 76.4 Å². The van der Waals surface area contributed by atoms with Crippen molar-refractivity contribution in [2.24, 2.45) is 18.0 Å². The van der Waals surface area contributed by atoms with Gasteiger partial charge in [0.05, 0.1) is 19.7 Å². The normalized spacial score (nSPS) is 13.6. The van der Waals surface area contributed by atoms with Gasteiger partial charge in [0.2, 0.25) is 0 Å². The summed E-state index contributed by atoms with van der Waals surface area (Å²) < 4.78 is 8.09. The van der Waals surface area contributed by atoms with Crippen LogP contribution in [0.3, 0.4) is 0 Å². The summed E-state index contributed by atoms with van der Waals surface area (Å²) in [5.74, 6) is 5.37. The van der Waals surface area contributed by atoms with Gasteiger partial charge < -0.3 is 19.9 Å². The lowest BCUT2D eigenvalue weighted by atomic mass is 10.1. The molecule has 0 saturated heterocycles. The van der Waals surface area contributed by atoms with E-state index in [1.807, 2.05) is 30.3 Å². The number of aliphatic imine (C=N–C) groups is 1. The molecule has 0 radical (unpaired) electrons. The number of ether oxygens (including phenoxy) is 1. The summed E-state index contributed by atoms with van der Waals surface area (Å²) in [4.78, 5) is 4.83. The molecule has 31 heavy (non-hydrogen) atoms. The number of nitrogens with one attached hydrogen (secondary N) is 2. The molecule has 3 rings (SSSR count). The fourth-order valence-electron chi connectivity index (χ4n) is 2.95. The third-order valence-corrected chi connectivity index (χ3v) is 5.91. The molecule has 7 nitrogen and oxygen atoms in total. The van der Waals surface area contributed by atoms with Gasteiger partial charge in [-0.25, -0.2) is 4.99 Å². The van der Waals surface area contributed by atoms with Gasteiger partial charge in [-0.15, -0.1) is 34.2 Å². The highest BCUT2D eigenvalue weighted by atomic mass is 127. The summed E-state index contributed by atoms with van der Waals surface area (Å²) in [6.45, 7) is 6.88. The van der Waals surface area contributed by atoms with E-state index in [1.54, 1.807) is 0 Å². The molecule has 0 amide bonds. The minimum atomic E-state index is 0. The van der Waals surface area contributed by atoms with Gasteiger partial charge in [0.15, 0.2) is 11.8 Å². The molecule has 1 aromatic heterocycles. The molecule has 1 aliphatic carbocycles. The van der Waals surface area contributed by atoms with Gasteiger partial charge in [-0.2, -0.15) is 11.8 Å². The predicted molar refractivity (Wildman–Crippen MR) is 140 cm³/mol. The maximum absolute atomic E-state index is 6.10. The Hall–Kier alpha value is -1.49. The van der Waals surface area contributed by atoms with Crippen LogP contribution in [-0.2, 0) is 20.1 Å². The number of thioether (sulfide) groups is 1. The third kappa shape index (κ3) is 8.51. The van der Waals surface area contributed by atoms with Gasteiger partial charge in [-0.1, -0.05) is 12.1 Å². The number of nitrogens with zero attached hydrogens (tertiary/aromatic N) is 4. The first-order chi connectivity index (χ1) is 14.6. The highest BCUT2D eigenvalue weighted by molar-refractivity contribution is 14.0. The Morgan fingerprint density at radius 2 is 2.06 bits per heavy atom. The number of halogens is 1. The molecule has 2 aromatic rings. The van der Waals surface area contributed by atoms with Crippen LogP contribution in [0.2, 0.25) is 0 Å². The minimum Gasteiger partial charge on any atom is -0.493 e. The van der Waals surface area contributed by atoms with Crippen LogP contribution in [0.1, 0.15) is 42.0 Å². The Balaban J connectivity index is 0.00000341. The molecule has 2 N–H and O–H groups in total. The molecule has 0 unspecified atom stereocenters. The van der Waals surface area contributed by atoms with Crippen LogP contribution in [0.4, 0.5) is 0 Å². The Morgan fingerprint density at radius 1 is 1.26 bits per heavy atom. The lowest BCUT2D eigenvalue weighted by molar-refractivity contribution is 0.296. The quantitative estimate of drug-likeness (QED) is 0.189. The molecule has 1 fully saturated rings. The fraction of sp³-hybridized carbons (Fsp3) is 0.591. The average Bonchev–Trinajstić information content (AvgIpc) is 3.52. The molecule has 1 heterocycles. The van der Waals surface area contributed by atoms with Gasteiger partial charge in [0, 0.05) is 19.2 Å². The van der Waals surface area contributed by atoms with Crippen molar-refractivity contribution in [1.82, 2.24) is 25.4 Å².